The Morgan fingerprint density at radius 1 is 0.895 bits per heavy atom. The highest BCUT2D eigenvalue weighted by molar-refractivity contribution is 9.11. The summed E-state index contributed by atoms with van der Waals surface area (Å²) in [6.45, 7) is 0.659. The number of halogens is 4. The molecule has 0 unspecified atom stereocenters. The van der Waals surface area contributed by atoms with E-state index < -0.39 is 0 Å². The molecular weight excluding hydrogens is 506 g/mol. The predicted octanol–water partition coefficient (Wildman–Crippen LogP) is 6.05. The molecule has 6 heteroatoms. The molecule has 2 rings (SSSR count). The molecular formula is C13H9Br4NO. The second-order valence-electron chi connectivity index (χ2n) is 3.89. The lowest BCUT2D eigenvalue weighted by atomic mass is 10.2. The number of phenolic OH excluding ortho intramolecular Hbond substituents is 1. The normalized spacial score (nSPS) is 10.5. The number of nitrogens with one attached hydrogen (secondary N) is 1. The van der Waals surface area contributed by atoms with Gasteiger partial charge >= 0.3 is 0 Å². The van der Waals surface area contributed by atoms with Crippen molar-refractivity contribution < 1.29 is 5.11 Å². The van der Waals surface area contributed by atoms with Crippen molar-refractivity contribution in [1.82, 2.24) is 0 Å². The van der Waals surface area contributed by atoms with E-state index in [9.17, 15) is 5.11 Å². The number of rotatable bonds is 3. The van der Waals surface area contributed by atoms with Gasteiger partial charge in [-0.25, -0.2) is 0 Å². The Labute approximate surface area is 145 Å². The molecule has 0 bridgehead atoms. The van der Waals surface area contributed by atoms with Gasteiger partial charge in [-0.05, 0) is 83.7 Å². The molecule has 0 amide bonds. The molecule has 0 saturated carbocycles. The van der Waals surface area contributed by atoms with Gasteiger partial charge in [-0.3, -0.25) is 0 Å². The summed E-state index contributed by atoms with van der Waals surface area (Å²) in [4.78, 5) is 0. The number of anilines is 1. The third-order valence-electron chi connectivity index (χ3n) is 2.49. The van der Waals surface area contributed by atoms with Crippen molar-refractivity contribution in [2.24, 2.45) is 0 Å². The first-order chi connectivity index (χ1) is 8.97. The van der Waals surface area contributed by atoms with Crippen molar-refractivity contribution >= 4 is 69.4 Å². The van der Waals surface area contributed by atoms with E-state index >= 15 is 0 Å². The van der Waals surface area contributed by atoms with Crippen LogP contribution in [0.2, 0.25) is 0 Å². The lowest BCUT2D eigenvalue weighted by Crippen LogP contribution is -2.00. The molecule has 0 aliphatic rings. The Bertz CT molecular complexity index is 593. The molecule has 0 saturated heterocycles. The zero-order valence-electron chi connectivity index (χ0n) is 9.55. The Morgan fingerprint density at radius 3 is 2.16 bits per heavy atom. The minimum atomic E-state index is 0.215. The maximum Gasteiger partial charge on any atom is 0.143 e. The van der Waals surface area contributed by atoms with Crippen LogP contribution in [0.3, 0.4) is 0 Å². The molecule has 2 aromatic carbocycles. The molecule has 0 radical (unpaired) electrons. The van der Waals surface area contributed by atoms with E-state index in [1.165, 1.54) is 0 Å². The van der Waals surface area contributed by atoms with E-state index in [-0.39, 0.29) is 5.75 Å². The second-order valence-corrected chi connectivity index (χ2v) is 7.36. The topological polar surface area (TPSA) is 32.3 Å². The van der Waals surface area contributed by atoms with Crippen LogP contribution in [0.15, 0.2) is 48.2 Å². The van der Waals surface area contributed by atoms with Crippen LogP contribution in [-0.4, -0.2) is 5.11 Å². The van der Waals surface area contributed by atoms with Gasteiger partial charge in [0, 0.05) is 21.2 Å². The van der Waals surface area contributed by atoms with Gasteiger partial charge in [0.15, 0.2) is 0 Å². The van der Waals surface area contributed by atoms with E-state index in [4.69, 9.17) is 0 Å². The van der Waals surface area contributed by atoms with Crippen LogP contribution in [0.5, 0.6) is 5.75 Å². The van der Waals surface area contributed by atoms with Crippen molar-refractivity contribution in [3.8, 4) is 5.75 Å². The summed E-state index contributed by atoms with van der Waals surface area (Å²) < 4.78 is 3.37. The van der Waals surface area contributed by atoms with E-state index in [0.717, 1.165) is 20.2 Å². The minimum absolute atomic E-state index is 0.215. The van der Waals surface area contributed by atoms with Crippen molar-refractivity contribution in [2.45, 2.75) is 6.54 Å². The fraction of sp³-hybridized carbons (Fsp3) is 0.0769. The van der Waals surface area contributed by atoms with E-state index in [2.05, 4.69) is 69.0 Å². The second kappa shape index (κ2) is 6.61. The fourth-order valence-electron chi connectivity index (χ4n) is 1.55. The summed E-state index contributed by atoms with van der Waals surface area (Å²) in [7, 11) is 0. The number of phenols is 1. The van der Waals surface area contributed by atoms with E-state index in [1.807, 2.05) is 30.3 Å². The summed E-state index contributed by atoms with van der Waals surface area (Å²) in [6, 6.07) is 9.74. The first-order valence-electron chi connectivity index (χ1n) is 5.33. The molecule has 0 aromatic heterocycles. The van der Waals surface area contributed by atoms with Crippen LogP contribution in [0.25, 0.3) is 0 Å². The minimum Gasteiger partial charge on any atom is -0.506 e. The average molecular weight is 515 g/mol. The molecule has 2 aromatic rings. The van der Waals surface area contributed by atoms with Crippen molar-refractivity contribution in [3.63, 3.8) is 0 Å². The Balaban J connectivity index is 2.17. The van der Waals surface area contributed by atoms with Crippen LogP contribution in [0.1, 0.15) is 5.56 Å². The molecule has 100 valence electrons. The van der Waals surface area contributed by atoms with Gasteiger partial charge in [0.25, 0.3) is 0 Å². The maximum absolute atomic E-state index is 9.67. The monoisotopic (exact) mass is 511 g/mol. The number of hydrogen-bond acceptors (Lipinski definition) is 2. The largest absolute Gasteiger partial charge is 0.506 e. The van der Waals surface area contributed by atoms with Gasteiger partial charge in [-0.1, -0.05) is 15.9 Å². The molecule has 0 atom stereocenters. The molecule has 0 heterocycles. The van der Waals surface area contributed by atoms with Gasteiger partial charge in [-0.15, -0.1) is 0 Å². The number of aromatic hydroxyl groups is 1. The van der Waals surface area contributed by atoms with Crippen LogP contribution >= 0.6 is 63.7 Å². The first-order valence-corrected chi connectivity index (χ1v) is 8.50. The summed E-state index contributed by atoms with van der Waals surface area (Å²) >= 11 is 13.6. The lowest BCUT2D eigenvalue weighted by molar-refractivity contribution is 0.468. The number of benzene rings is 2. The molecule has 0 aliphatic carbocycles. The zero-order chi connectivity index (χ0) is 14.0. The average Bonchev–Trinajstić information content (AvgIpc) is 2.37. The molecule has 19 heavy (non-hydrogen) atoms. The summed E-state index contributed by atoms with van der Waals surface area (Å²) in [6.07, 6.45) is 0. The van der Waals surface area contributed by atoms with Crippen LogP contribution < -0.4 is 5.32 Å². The van der Waals surface area contributed by atoms with Gasteiger partial charge in [-0.2, -0.15) is 0 Å². The zero-order valence-corrected chi connectivity index (χ0v) is 15.9. The molecule has 0 fully saturated rings. The Hall–Kier alpha value is -0.0400. The highest BCUT2D eigenvalue weighted by Crippen LogP contribution is 2.34. The highest BCUT2D eigenvalue weighted by atomic mass is 79.9. The summed E-state index contributed by atoms with van der Waals surface area (Å²) in [5.41, 5.74) is 2.07. The Kier molecular flexibility index (Phi) is 5.34. The third kappa shape index (κ3) is 3.97. The standard InChI is InChI=1S/C13H9Br4NO/c14-8-1-2-9(15)12(5-8)18-6-7-3-10(16)13(19)11(17)4-7/h1-5,18-19H,6H2. The SMILES string of the molecule is Oc1c(Br)cc(CNc2cc(Br)ccc2Br)cc1Br. The fourth-order valence-corrected chi connectivity index (χ4v) is 3.58. The summed E-state index contributed by atoms with van der Waals surface area (Å²) in [5, 5.41) is 13.0. The highest BCUT2D eigenvalue weighted by Gasteiger charge is 2.06. The number of hydrogen-bond donors (Lipinski definition) is 2. The molecule has 2 N–H and O–H groups in total. The van der Waals surface area contributed by atoms with Crippen molar-refractivity contribution in [2.75, 3.05) is 5.32 Å². The molecule has 0 spiro atoms. The third-order valence-corrected chi connectivity index (χ3v) is 4.88. The van der Waals surface area contributed by atoms with Crippen molar-refractivity contribution in [1.29, 1.82) is 0 Å². The quantitative estimate of drug-likeness (QED) is 0.522. The predicted molar refractivity (Wildman–Crippen MR) is 92.7 cm³/mol. The molecule has 0 aliphatic heterocycles. The van der Waals surface area contributed by atoms with Gasteiger partial charge in [0.1, 0.15) is 5.75 Å². The van der Waals surface area contributed by atoms with Crippen molar-refractivity contribution in [3.05, 3.63) is 53.8 Å². The van der Waals surface area contributed by atoms with Gasteiger partial charge in [0.2, 0.25) is 0 Å². The Morgan fingerprint density at radius 2 is 1.53 bits per heavy atom. The summed E-state index contributed by atoms with van der Waals surface area (Å²) in [5.74, 6) is 0.215. The van der Waals surface area contributed by atoms with Gasteiger partial charge in [0.05, 0.1) is 8.95 Å². The first kappa shape index (κ1) is 15.4. The van der Waals surface area contributed by atoms with Crippen LogP contribution in [0, 0.1) is 0 Å². The molecule has 2 nitrogen and oxygen atoms in total. The van der Waals surface area contributed by atoms with E-state index in [0.29, 0.717) is 15.5 Å². The maximum atomic E-state index is 9.67. The van der Waals surface area contributed by atoms with Crippen LogP contribution in [-0.2, 0) is 6.54 Å². The lowest BCUT2D eigenvalue weighted by Gasteiger charge is -2.11. The van der Waals surface area contributed by atoms with Crippen LogP contribution in [0.4, 0.5) is 5.69 Å². The van der Waals surface area contributed by atoms with Gasteiger partial charge < -0.3 is 10.4 Å². The smallest absolute Gasteiger partial charge is 0.143 e. The van der Waals surface area contributed by atoms with E-state index in [1.54, 1.807) is 0 Å².